The van der Waals surface area contributed by atoms with Gasteiger partial charge in [-0.2, -0.15) is 5.26 Å². The molecular formula is C26H19N3O8. The zero-order valence-corrected chi connectivity index (χ0v) is 19.5. The summed E-state index contributed by atoms with van der Waals surface area (Å²) in [4.78, 5) is 38.3. The highest BCUT2D eigenvalue weighted by molar-refractivity contribution is 6.51. The highest BCUT2D eigenvalue weighted by atomic mass is 16.6. The fourth-order valence-corrected chi connectivity index (χ4v) is 4.11. The molecule has 3 aromatic carbocycles. The Morgan fingerprint density at radius 2 is 1.76 bits per heavy atom. The number of aliphatic hydroxyl groups excluding tert-OH is 1. The van der Waals surface area contributed by atoms with Gasteiger partial charge in [0.25, 0.3) is 11.7 Å². The number of ether oxygens (including phenoxy) is 2. The van der Waals surface area contributed by atoms with Gasteiger partial charge in [0, 0.05) is 17.8 Å². The summed E-state index contributed by atoms with van der Waals surface area (Å²) in [6.07, 6.45) is 0. The maximum atomic E-state index is 13.3. The van der Waals surface area contributed by atoms with Crippen LogP contribution in [0.2, 0.25) is 0 Å². The van der Waals surface area contributed by atoms with E-state index in [1.807, 2.05) is 6.07 Å². The predicted molar refractivity (Wildman–Crippen MR) is 130 cm³/mol. The molecule has 1 aliphatic rings. The number of nitrogens with zero attached hydrogens (tertiary/aromatic N) is 3. The van der Waals surface area contributed by atoms with Gasteiger partial charge in [0.05, 0.1) is 48.0 Å². The average Bonchev–Trinajstić information content (AvgIpc) is 3.18. The quantitative estimate of drug-likeness (QED) is 0.168. The standard InChI is InChI=1S/C26H19N3O8/c1-36-17-8-9-18(21(12-17)37-2)24(31)22-23(15-5-10-20(30)19(11-15)29(34)35)28(26(33)25(22)32)16-6-3-14(13-27)4-7-16/h3-12,23,30-31H,1-2H3/b24-22-. The second-order valence-corrected chi connectivity index (χ2v) is 7.90. The zero-order chi connectivity index (χ0) is 26.9. The number of carbonyl (C=O) groups excluding carboxylic acids is 2. The van der Waals surface area contributed by atoms with E-state index in [1.165, 1.54) is 62.8 Å². The predicted octanol–water partition coefficient (Wildman–Crippen LogP) is 3.82. The molecule has 0 radical (unpaired) electrons. The van der Waals surface area contributed by atoms with Crippen molar-refractivity contribution in [1.29, 1.82) is 5.26 Å². The van der Waals surface area contributed by atoms with Crippen LogP contribution in [0.4, 0.5) is 11.4 Å². The van der Waals surface area contributed by atoms with Crippen LogP contribution in [0, 0.1) is 21.4 Å². The Hall–Kier alpha value is -5.37. The fourth-order valence-electron chi connectivity index (χ4n) is 4.11. The van der Waals surface area contributed by atoms with Crippen LogP contribution in [0.3, 0.4) is 0 Å². The van der Waals surface area contributed by atoms with E-state index in [0.29, 0.717) is 11.3 Å². The number of aromatic hydroxyl groups is 1. The molecule has 3 aromatic rings. The number of phenols is 1. The van der Waals surface area contributed by atoms with Gasteiger partial charge < -0.3 is 19.7 Å². The van der Waals surface area contributed by atoms with Crippen LogP contribution in [-0.2, 0) is 9.59 Å². The van der Waals surface area contributed by atoms with Gasteiger partial charge >= 0.3 is 5.69 Å². The number of nitro benzene ring substituents is 1. The number of hydrogen-bond donors (Lipinski definition) is 2. The number of rotatable bonds is 6. The second-order valence-electron chi connectivity index (χ2n) is 7.90. The van der Waals surface area contributed by atoms with Gasteiger partial charge in [-0.3, -0.25) is 24.6 Å². The Bertz CT molecular complexity index is 1510. The monoisotopic (exact) mass is 501 g/mol. The van der Waals surface area contributed by atoms with Crippen molar-refractivity contribution in [3.8, 4) is 23.3 Å². The van der Waals surface area contributed by atoms with Gasteiger partial charge in [-0.25, -0.2) is 0 Å². The van der Waals surface area contributed by atoms with Crippen LogP contribution in [0.25, 0.3) is 5.76 Å². The van der Waals surface area contributed by atoms with E-state index in [9.17, 15) is 29.9 Å². The lowest BCUT2D eigenvalue weighted by molar-refractivity contribution is -0.385. The second kappa shape index (κ2) is 9.71. The van der Waals surface area contributed by atoms with E-state index in [1.54, 1.807) is 0 Å². The van der Waals surface area contributed by atoms with Crippen molar-refractivity contribution >= 4 is 28.8 Å². The third-order valence-electron chi connectivity index (χ3n) is 5.89. The summed E-state index contributed by atoms with van der Waals surface area (Å²) in [6, 6.07) is 14.3. The van der Waals surface area contributed by atoms with Gasteiger partial charge in [0.1, 0.15) is 17.3 Å². The molecule has 0 saturated carbocycles. The number of phenolic OH excluding ortho intramolecular Hbond substituents is 1. The minimum Gasteiger partial charge on any atom is -0.507 e. The van der Waals surface area contributed by atoms with Crippen molar-refractivity contribution in [2.75, 3.05) is 19.1 Å². The lowest BCUT2D eigenvalue weighted by Crippen LogP contribution is -2.29. The van der Waals surface area contributed by atoms with Gasteiger partial charge in [0.2, 0.25) is 0 Å². The first-order valence-electron chi connectivity index (χ1n) is 10.7. The van der Waals surface area contributed by atoms with Crippen molar-refractivity contribution < 1.29 is 34.2 Å². The molecule has 37 heavy (non-hydrogen) atoms. The highest BCUT2D eigenvalue weighted by Crippen LogP contribution is 2.45. The van der Waals surface area contributed by atoms with Crippen molar-refractivity contribution in [2.45, 2.75) is 6.04 Å². The van der Waals surface area contributed by atoms with Crippen molar-refractivity contribution in [1.82, 2.24) is 0 Å². The van der Waals surface area contributed by atoms with Crippen molar-refractivity contribution in [2.24, 2.45) is 0 Å². The van der Waals surface area contributed by atoms with E-state index in [-0.39, 0.29) is 28.1 Å². The number of anilines is 1. The number of nitriles is 1. The first-order valence-corrected chi connectivity index (χ1v) is 10.7. The Kier molecular flexibility index (Phi) is 6.49. The summed E-state index contributed by atoms with van der Waals surface area (Å²) in [5.41, 5.74) is -0.313. The Labute approximate surface area is 210 Å². The number of carbonyl (C=O) groups is 2. The summed E-state index contributed by atoms with van der Waals surface area (Å²) in [7, 11) is 2.79. The number of amides is 1. The molecule has 1 saturated heterocycles. The maximum absolute atomic E-state index is 13.3. The zero-order valence-electron chi connectivity index (χ0n) is 19.5. The molecule has 1 heterocycles. The number of nitro groups is 1. The van der Waals surface area contributed by atoms with Crippen LogP contribution in [0.1, 0.15) is 22.7 Å². The Balaban J connectivity index is 2.00. The molecule has 11 heteroatoms. The Morgan fingerprint density at radius 1 is 1.05 bits per heavy atom. The van der Waals surface area contributed by atoms with E-state index in [2.05, 4.69) is 0 Å². The van der Waals surface area contributed by atoms with Gasteiger partial charge in [-0.05, 0) is 48.0 Å². The fraction of sp³-hybridized carbons (Fsp3) is 0.115. The molecule has 1 unspecified atom stereocenters. The number of hydrogen-bond acceptors (Lipinski definition) is 9. The highest BCUT2D eigenvalue weighted by Gasteiger charge is 2.47. The Morgan fingerprint density at radius 3 is 2.35 bits per heavy atom. The average molecular weight is 501 g/mol. The molecule has 1 atom stereocenters. The molecule has 1 fully saturated rings. The van der Waals surface area contributed by atoms with E-state index < -0.39 is 39.9 Å². The molecule has 0 aromatic heterocycles. The summed E-state index contributed by atoms with van der Waals surface area (Å²) < 4.78 is 10.5. The largest absolute Gasteiger partial charge is 0.507 e. The molecule has 11 nitrogen and oxygen atoms in total. The number of aliphatic hydroxyl groups is 1. The van der Waals surface area contributed by atoms with Gasteiger partial charge in [-0.15, -0.1) is 0 Å². The normalized spacial score (nSPS) is 16.4. The molecule has 4 rings (SSSR count). The van der Waals surface area contributed by atoms with Crippen molar-refractivity contribution in [3.63, 3.8) is 0 Å². The summed E-state index contributed by atoms with van der Waals surface area (Å²) in [6.45, 7) is 0. The summed E-state index contributed by atoms with van der Waals surface area (Å²) in [5, 5.41) is 41.9. The van der Waals surface area contributed by atoms with Crippen LogP contribution >= 0.6 is 0 Å². The molecule has 1 aliphatic heterocycles. The third kappa shape index (κ3) is 4.28. The molecule has 2 N–H and O–H groups in total. The lowest BCUT2D eigenvalue weighted by atomic mass is 9.94. The molecule has 0 bridgehead atoms. The first kappa shape index (κ1) is 24.7. The summed E-state index contributed by atoms with van der Waals surface area (Å²) >= 11 is 0. The van der Waals surface area contributed by atoms with Gasteiger partial charge in [0.15, 0.2) is 5.75 Å². The van der Waals surface area contributed by atoms with E-state index in [4.69, 9.17) is 14.7 Å². The number of methoxy groups -OCH3 is 2. The SMILES string of the molecule is COc1ccc(/C(O)=C2/C(=O)C(=O)N(c3ccc(C#N)cc3)C2c2ccc(O)c([N+](=O)[O-])c2)c(OC)c1. The summed E-state index contributed by atoms with van der Waals surface area (Å²) in [5.74, 6) is -2.66. The first-order chi connectivity index (χ1) is 17.7. The van der Waals surface area contributed by atoms with Crippen LogP contribution in [-0.4, -0.2) is 41.0 Å². The number of Topliss-reactive ketones (excluding diaryl/α,β-unsaturated/α-hetero) is 1. The smallest absolute Gasteiger partial charge is 0.311 e. The minimum atomic E-state index is -1.31. The van der Waals surface area contributed by atoms with E-state index >= 15 is 0 Å². The van der Waals surface area contributed by atoms with E-state index in [0.717, 1.165) is 17.0 Å². The topological polar surface area (TPSA) is 163 Å². The maximum Gasteiger partial charge on any atom is 0.311 e. The van der Waals surface area contributed by atoms with Crippen LogP contribution in [0.15, 0.2) is 66.2 Å². The van der Waals surface area contributed by atoms with Crippen molar-refractivity contribution in [3.05, 3.63) is 93.0 Å². The molecule has 0 spiro atoms. The lowest BCUT2D eigenvalue weighted by Gasteiger charge is -2.25. The van der Waals surface area contributed by atoms with Crippen LogP contribution < -0.4 is 14.4 Å². The molecule has 1 amide bonds. The molecule has 186 valence electrons. The number of ketones is 1. The van der Waals surface area contributed by atoms with Gasteiger partial charge in [-0.1, -0.05) is 6.07 Å². The third-order valence-corrected chi connectivity index (χ3v) is 5.89. The van der Waals surface area contributed by atoms with Crippen LogP contribution in [0.5, 0.6) is 17.2 Å². The number of benzene rings is 3. The minimum absolute atomic E-state index is 0.0828. The molecule has 0 aliphatic carbocycles. The molecular weight excluding hydrogens is 482 g/mol.